The minimum absolute atomic E-state index is 0.116. The standard InChI is InChI=1S/C65H55N3/c1-64(2,3)48-33-29-44(30-34-48)45-31-37-54(38-32-45)66(51-19-7-4-8-20-51)59-27-15-17-46-41-49-35-36-50-42-47-18-16-28-60(63(47)65(49,50)62(46)59)67(52-21-9-5-10-22-52)55-39-40-57-56-25-13-14-26-58(56)68(61(57)43-55)53-23-11-6-12-24-53/h4-34,37-40,43,49-50H,35-36,41-42H2,1-3H3. The number of benzene rings is 9. The summed E-state index contributed by atoms with van der Waals surface area (Å²) in [5.41, 5.74) is 20.7. The predicted molar refractivity (Wildman–Crippen MR) is 285 cm³/mol. The highest BCUT2D eigenvalue weighted by molar-refractivity contribution is 6.10. The molecular formula is C65H55N3. The first kappa shape index (κ1) is 40.6. The highest BCUT2D eigenvalue weighted by atomic mass is 15.2. The third-order valence-electron chi connectivity index (χ3n) is 15.8. The maximum atomic E-state index is 2.58. The molecule has 10 aromatic rings. The molecule has 13 rings (SSSR count). The third kappa shape index (κ3) is 6.25. The van der Waals surface area contributed by atoms with Crippen LogP contribution in [0.3, 0.4) is 0 Å². The van der Waals surface area contributed by atoms with Gasteiger partial charge in [0.25, 0.3) is 0 Å². The van der Waals surface area contributed by atoms with Gasteiger partial charge in [-0.2, -0.15) is 0 Å². The summed E-state index contributed by atoms with van der Waals surface area (Å²) in [6.07, 6.45) is 4.64. The Morgan fingerprint density at radius 2 is 0.897 bits per heavy atom. The maximum Gasteiger partial charge on any atom is 0.0561 e. The van der Waals surface area contributed by atoms with Gasteiger partial charge in [0.05, 0.1) is 22.4 Å². The van der Waals surface area contributed by atoms with E-state index in [1.54, 1.807) is 0 Å². The molecule has 330 valence electrons. The van der Waals surface area contributed by atoms with E-state index < -0.39 is 0 Å². The van der Waals surface area contributed by atoms with E-state index in [1.807, 2.05) is 0 Å². The number of hydrogen-bond donors (Lipinski definition) is 0. The topological polar surface area (TPSA) is 11.4 Å². The maximum absolute atomic E-state index is 2.58. The Morgan fingerprint density at radius 1 is 0.426 bits per heavy atom. The lowest BCUT2D eigenvalue weighted by Crippen LogP contribution is -2.34. The molecule has 1 saturated carbocycles. The summed E-state index contributed by atoms with van der Waals surface area (Å²) in [7, 11) is 0. The second-order valence-corrected chi connectivity index (χ2v) is 20.5. The number of para-hydroxylation sites is 4. The number of nitrogens with zero attached hydrogens (tertiary/aromatic N) is 3. The first-order chi connectivity index (χ1) is 33.4. The molecule has 9 aromatic carbocycles. The van der Waals surface area contributed by atoms with Crippen LogP contribution in [-0.2, 0) is 23.7 Å². The van der Waals surface area contributed by atoms with Gasteiger partial charge in [0.15, 0.2) is 0 Å². The summed E-state index contributed by atoms with van der Waals surface area (Å²) >= 11 is 0. The largest absolute Gasteiger partial charge is 0.310 e. The minimum atomic E-state index is -0.157. The summed E-state index contributed by atoms with van der Waals surface area (Å²) in [6.45, 7) is 6.84. The smallest absolute Gasteiger partial charge is 0.0561 e. The lowest BCUT2D eigenvalue weighted by Gasteiger charge is -2.40. The van der Waals surface area contributed by atoms with Crippen LogP contribution >= 0.6 is 0 Å². The fourth-order valence-corrected chi connectivity index (χ4v) is 13.0. The first-order valence-corrected chi connectivity index (χ1v) is 24.6. The van der Waals surface area contributed by atoms with Gasteiger partial charge in [0.1, 0.15) is 0 Å². The van der Waals surface area contributed by atoms with Crippen LogP contribution < -0.4 is 9.80 Å². The summed E-state index contributed by atoms with van der Waals surface area (Å²) in [5.74, 6) is 1.01. The second-order valence-electron chi connectivity index (χ2n) is 20.5. The SMILES string of the molecule is CC(C)(C)c1ccc(-c2ccc(N(c3ccccc3)c3cccc4c3C35c6c(cccc6N(c6ccccc6)c6ccc7c8ccccc8n(-c8ccccc8)c7c6)CC3CCC5C4)cc2)cc1. The van der Waals surface area contributed by atoms with E-state index in [1.165, 1.54) is 108 Å². The van der Waals surface area contributed by atoms with Crippen molar-refractivity contribution in [2.75, 3.05) is 9.80 Å². The van der Waals surface area contributed by atoms with Crippen molar-refractivity contribution in [1.82, 2.24) is 4.57 Å². The minimum Gasteiger partial charge on any atom is -0.310 e. The molecule has 3 nitrogen and oxygen atoms in total. The molecule has 1 spiro atoms. The number of rotatable bonds is 8. The van der Waals surface area contributed by atoms with E-state index in [4.69, 9.17) is 0 Å². The lowest BCUT2D eigenvalue weighted by atomic mass is 9.68. The van der Waals surface area contributed by atoms with E-state index in [0.29, 0.717) is 11.8 Å². The zero-order valence-electron chi connectivity index (χ0n) is 39.1. The molecule has 1 heterocycles. The van der Waals surface area contributed by atoms with Crippen LogP contribution in [0.25, 0.3) is 38.6 Å². The van der Waals surface area contributed by atoms with Gasteiger partial charge in [-0.3, -0.25) is 0 Å². The van der Waals surface area contributed by atoms with Crippen molar-refractivity contribution < 1.29 is 0 Å². The van der Waals surface area contributed by atoms with Gasteiger partial charge in [0, 0.05) is 44.6 Å². The summed E-state index contributed by atoms with van der Waals surface area (Å²) in [4.78, 5) is 5.14. The molecule has 0 amide bonds. The van der Waals surface area contributed by atoms with Crippen molar-refractivity contribution in [2.24, 2.45) is 11.8 Å². The van der Waals surface area contributed by atoms with Gasteiger partial charge in [-0.1, -0.05) is 160 Å². The highest BCUT2D eigenvalue weighted by Gasteiger charge is 2.62. The van der Waals surface area contributed by atoms with Gasteiger partial charge >= 0.3 is 0 Å². The van der Waals surface area contributed by atoms with Gasteiger partial charge in [-0.25, -0.2) is 0 Å². The molecule has 68 heavy (non-hydrogen) atoms. The van der Waals surface area contributed by atoms with E-state index in [0.717, 1.165) is 18.5 Å². The van der Waals surface area contributed by atoms with Gasteiger partial charge in [-0.15, -0.1) is 0 Å². The average molecular weight is 878 g/mol. The summed E-state index contributed by atoms with van der Waals surface area (Å²) in [5, 5.41) is 2.53. The molecule has 3 atom stereocenters. The Kier molecular flexibility index (Phi) is 9.41. The van der Waals surface area contributed by atoms with Crippen LogP contribution in [0.5, 0.6) is 0 Å². The molecule has 0 N–H and O–H groups in total. The average Bonchev–Trinajstić information content (AvgIpc) is 4.10. The van der Waals surface area contributed by atoms with Crippen LogP contribution in [0.1, 0.15) is 61.4 Å². The fraction of sp³-hybridized carbons (Fsp3) is 0.169. The quantitative estimate of drug-likeness (QED) is 0.151. The Morgan fingerprint density at radius 3 is 1.47 bits per heavy atom. The van der Waals surface area contributed by atoms with E-state index in [2.05, 4.69) is 254 Å². The van der Waals surface area contributed by atoms with E-state index >= 15 is 0 Å². The molecule has 1 aromatic heterocycles. The van der Waals surface area contributed by atoms with Crippen LogP contribution in [0, 0.1) is 11.8 Å². The molecule has 0 aliphatic heterocycles. The Hall–Kier alpha value is -7.62. The zero-order valence-corrected chi connectivity index (χ0v) is 39.1. The van der Waals surface area contributed by atoms with Crippen LogP contribution in [0.2, 0.25) is 0 Å². The third-order valence-corrected chi connectivity index (χ3v) is 15.8. The van der Waals surface area contributed by atoms with E-state index in [9.17, 15) is 0 Å². The van der Waals surface area contributed by atoms with Crippen LogP contribution in [-0.4, -0.2) is 4.57 Å². The zero-order chi connectivity index (χ0) is 45.6. The lowest BCUT2D eigenvalue weighted by molar-refractivity contribution is 0.350. The molecule has 3 heteroatoms. The van der Waals surface area contributed by atoms with Crippen LogP contribution in [0.15, 0.2) is 218 Å². The normalized spacial score (nSPS) is 18.0. The molecular weight excluding hydrogens is 823 g/mol. The van der Waals surface area contributed by atoms with Crippen molar-refractivity contribution in [2.45, 2.75) is 57.3 Å². The van der Waals surface area contributed by atoms with Crippen molar-refractivity contribution >= 4 is 55.9 Å². The predicted octanol–water partition coefficient (Wildman–Crippen LogP) is 17.1. The van der Waals surface area contributed by atoms with Gasteiger partial charge < -0.3 is 14.4 Å². The van der Waals surface area contributed by atoms with Crippen molar-refractivity contribution in [3.05, 3.63) is 246 Å². The van der Waals surface area contributed by atoms with Crippen molar-refractivity contribution in [3.8, 4) is 16.8 Å². The Labute approximate surface area is 400 Å². The first-order valence-electron chi connectivity index (χ1n) is 24.6. The number of fused-ring (bicyclic) bond motifs is 5. The van der Waals surface area contributed by atoms with Gasteiger partial charge in [0.2, 0.25) is 0 Å². The van der Waals surface area contributed by atoms with Crippen LogP contribution in [0.4, 0.5) is 34.1 Å². The Bertz CT molecular complexity index is 3480. The molecule has 0 radical (unpaired) electrons. The number of aromatic nitrogens is 1. The van der Waals surface area contributed by atoms with Gasteiger partial charge in [-0.05, 0) is 161 Å². The fourth-order valence-electron chi connectivity index (χ4n) is 13.0. The van der Waals surface area contributed by atoms with Crippen molar-refractivity contribution in [1.29, 1.82) is 0 Å². The Balaban J connectivity index is 1.00. The summed E-state index contributed by atoms with van der Waals surface area (Å²) in [6, 6.07) is 81.9. The number of anilines is 6. The van der Waals surface area contributed by atoms with E-state index in [-0.39, 0.29) is 10.8 Å². The molecule has 3 unspecified atom stereocenters. The molecule has 0 bridgehead atoms. The molecule has 3 aliphatic carbocycles. The highest BCUT2D eigenvalue weighted by Crippen LogP contribution is 2.69. The molecule has 0 saturated heterocycles. The molecule has 3 aliphatic rings. The summed E-state index contributed by atoms with van der Waals surface area (Å²) < 4.78 is 2.45. The second kappa shape index (κ2) is 15.7. The number of hydrogen-bond acceptors (Lipinski definition) is 2. The van der Waals surface area contributed by atoms with Crippen molar-refractivity contribution in [3.63, 3.8) is 0 Å². The monoisotopic (exact) mass is 877 g/mol. The molecule has 1 fully saturated rings.